The summed E-state index contributed by atoms with van der Waals surface area (Å²) >= 11 is 1.19. The molecule has 0 nitrogen and oxygen atoms in total. The van der Waals surface area contributed by atoms with Crippen LogP contribution in [0.2, 0.25) is 0 Å². The minimum absolute atomic E-state index is 0.398. The van der Waals surface area contributed by atoms with Crippen LogP contribution >= 0.6 is 0 Å². The Balaban J connectivity index is 2.75. The van der Waals surface area contributed by atoms with Gasteiger partial charge in [-0.3, -0.25) is 0 Å². The van der Waals surface area contributed by atoms with E-state index in [4.69, 9.17) is 0 Å². The third-order valence-electron chi connectivity index (χ3n) is 1.72. The second kappa shape index (κ2) is 1.39. The molecule has 0 unspecified atom stereocenters. The average Bonchev–Trinajstić information content (AvgIpc) is 2.64. The summed E-state index contributed by atoms with van der Waals surface area (Å²) in [7, 11) is 0. The van der Waals surface area contributed by atoms with Gasteiger partial charge in [-0.05, 0) is 0 Å². The molecule has 0 aliphatic carbocycles. The summed E-state index contributed by atoms with van der Waals surface area (Å²) in [5.74, 6) is 0. The molecule has 3 heteroatoms. The summed E-state index contributed by atoms with van der Waals surface area (Å²) in [5.41, 5.74) is 0. The van der Waals surface area contributed by atoms with Crippen molar-refractivity contribution in [3.8, 4) is 0 Å². The van der Waals surface area contributed by atoms with Gasteiger partial charge in [0, 0.05) is 0 Å². The van der Waals surface area contributed by atoms with Gasteiger partial charge in [0.1, 0.15) is 0 Å². The van der Waals surface area contributed by atoms with Crippen LogP contribution in [0.1, 0.15) is 0 Å². The molecule has 1 aromatic carbocycles. The van der Waals surface area contributed by atoms with E-state index in [2.05, 4.69) is 0 Å². The molecule has 0 aliphatic heterocycles. The van der Waals surface area contributed by atoms with Gasteiger partial charge in [0.15, 0.2) is 0 Å². The Kier molecular flexibility index (Phi) is 0.812. The van der Waals surface area contributed by atoms with Gasteiger partial charge in [0.05, 0.1) is 0 Å². The molecule has 3 heterocycles. The summed E-state index contributed by atoms with van der Waals surface area (Å²) in [4.78, 5) is 0. The van der Waals surface area contributed by atoms with Gasteiger partial charge in [-0.15, -0.1) is 0 Å². The van der Waals surface area contributed by atoms with Gasteiger partial charge in [-0.1, -0.05) is 0 Å². The van der Waals surface area contributed by atoms with Crippen molar-refractivity contribution in [3.05, 3.63) is 0 Å². The first-order valence-corrected chi connectivity index (χ1v) is 9.72. The molecule has 0 saturated heterocycles. The molecule has 0 N–H and O–H groups in total. The average molecular weight is 455 g/mol. The van der Waals surface area contributed by atoms with Crippen molar-refractivity contribution in [3.63, 3.8) is 0 Å². The van der Waals surface area contributed by atoms with Crippen molar-refractivity contribution in [1.82, 2.24) is 0 Å². The van der Waals surface area contributed by atoms with Gasteiger partial charge in [-0.25, -0.2) is 0 Å². The molecular weight excluding hydrogens is 455 g/mol. The monoisotopic (exact) mass is 462 g/mol. The molecule has 3 aromatic heterocycles. The Hall–Kier alpha value is 1.59. The van der Waals surface area contributed by atoms with Gasteiger partial charge >= 0.3 is 81.7 Å². The first kappa shape index (κ1) is 5.27. The number of hydrogen-bond acceptors (Lipinski definition) is 0. The Morgan fingerprint density at radius 2 is 0.667 bits per heavy atom. The van der Waals surface area contributed by atoms with Crippen LogP contribution in [-0.2, 0) is 0 Å². The van der Waals surface area contributed by atoms with Crippen molar-refractivity contribution in [2.75, 3.05) is 0 Å². The SMILES string of the molecule is [te]1c2c3[te]c3c3[te]c3c12. The standard InChI is InChI=1S/C6Te3/c7-1-2(7)4-6(9-4)5-3(1)8-5. The van der Waals surface area contributed by atoms with Crippen LogP contribution in [0.5, 0.6) is 0 Å². The molecule has 9 heavy (non-hydrogen) atoms. The molecule has 0 spiro atoms. The van der Waals surface area contributed by atoms with E-state index in [0.29, 0.717) is 61.3 Å². The predicted molar refractivity (Wildman–Crippen MR) is 43.3 cm³/mol. The van der Waals surface area contributed by atoms with E-state index in [-0.39, 0.29) is 0 Å². The topological polar surface area (TPSA) is 0 Å². The Morgan fingerprint density at radius 1 is 0.444 bits per heavy atom. The van der Waals surface area contributed by atoms with E-state index in [1.165, 1.54) is 0 Å². The summed E-state index contributed by atoms with van der Waals surface area (Å²) in [6.07, 6.45) is 0. The fourth-order valence-corrected chi connectivity index (χ4v) is 16.1. The molecule has 0 fully saturated rings. The molecule has 0 amide bonds. The molecule has 0 atom stereocenters. The van der Waals surface area contributed by atoms with E-state index in [1.807, 2.05) is 20.4 Å². The zero-order valence-corrected chi connectivity index (χ0v) is 11.2. The summed E-state index contributed by atoms with van der Waals surface area (Å²) in [6, 6.07) is 0. The quantitative estimate of drug-likeness (QED) is 0.342. The van der Waals surface area contributed by atoms with Crippen LogP contribution in [0, 0.1) is 0 Å². The van der Waals surface area contributed by atoms with Crippen LogP contribution in [0.15, 0.2) is 0 Å². The Morgan fingerprint density at radius 3 is 0.889 bits per heavy atom. The van der Waals surface area contributed by atoms with Gasteiger partial charge in [-0.2, -0.15) is 0 Å². The van der Waals surface area contributed by atoms with Crippen LogP contribution in [0.25, 0.3) is 20.4 Å². The fourth-order valence-electron chi connectivity index (χ4n) is 1.13. The Bertz CT molecular complexity index is 395. The van der Waals surface area contributed by atoms with Crippen LogP contribution in [-0.4, -0.2) is 61.3 Å². The van der Waals surface area contributed by atoms with Crippen molar-refractivity contribution in [2.45, 2.75) is 0 Å². The number of benzene rings is 1. The molecular formula is C6Te3. The van der Waals surface area contributed by atoms with E-state index < -0.39 is 0 Å². The molecule has 4 rings (SSSR count). The van der Waals surface area contributed by atoms with Crippen LogP contribution in [0.3, 0.4) is 0 Å². The van der Waals surface area contributed by atoms with Gasteiger partial charge in [0.2, 0.25) is 0 Å². The van der Waals surface area contributed by atoms with Gasteiger partial charge < -0.3 is 0 Å². The zero-order valence-electron chi connectivity index (χ0n) is 4.22. The van der Waals surface area contributed by atoms with E-state index in [9.17, 15) is 0 Å². The maximum absolute atomic E-state index is 1.96. The normalized spacial score (nSPS) is 14.7. The van der Waals surface area contributed by atoms with Crippen LogP contribution in [0.4, 0.5) is 0 Å². The van der Waals surface area contributed by atoms with E-state index >= 15 is 0 Å². The zero-order chi connectivity index (χ0) is 5.59. The molecule has 42 valence electrons. The van der Waals surface area contributed by atoms with Gasteiger partial charge in [0.25, 0.3) is 0 Å². The van der Waals surface area contributed by atoms with Crippen LogP contribution < -0.4 is 0 Å². The second-order valence-electron chi connectivity index (χ2n) is 2.28. The molecule has 0 bridgehead atoms. The second-order valence-corrected chi connectivity index (χ2v) is 11.0. The van der Waals surface area contributed by atoms with E-state index in [0.717, 1.165) is 0 Å². The van der Waals surface area contributed by atoms with Crippen molar-refractivity contribution < 1.29 is 0 Å². The molecule has 0 aliphatic rings. The third-order valence-corrected chi connectivity index (χ3v) is 14.2. The number of fused-ring (bicyclic) bond motifs is 6. The summed E-state index contributed by atoms with van der Waals surface area (Å²) < 4.78 is 11.7. The van der Waals surface area contributed by atoms with Crippen molar-refractivity contribution in [1.29, 1.82) is 0 Å². The van der Waals surface area contributed by atoms with Crippen molar-refractivity contribution in [2.24, 2.45) is 0 Å². The minimum atomic E-state index is 0.398. The summed E-state index contributed by atoms with van der Waals surface area (Å²) in [5, 5.41) is 0. The number of hydrogen-bond donors (Lipinski definition) is 0. The Labute approximate surface area is 80.3 Å². The first-order chi connectivity index (χ1) is 4.45. The maximum atomic E-state index is 1.96. The van der Waals surface area contributed by atoms with Crippen molar-refractivity contribution >= 4 is 81.7 Å². The molecule has 0 saturated carbocycles. The fraction of sp³-hybridized carbons (Fsp3) is 0. The third kappa shape index (κ3) is 0.553. The molecule has 4 aromatic rings. The van der Waals surface area contributed by atoms with E-state index in [1.54, 1.807) is 0 Å². The molecule has 0 radical (unpaired) electrons. The predicted octanol–water partition coefficient (Wildman–Crippen LogP) is 0.631. The first-order valence-electron chi connectivity index (χ1n) is 2.72. The number of rotatable bonds is 0. The summed E-state index contributed by atoms with van der Waals surface area (Å²) in [6.45, 7) is 0.